The SMILES string of the molecule is CCN(CC(C)(C)CN)C(=O)c1nn(C)c2ccccc12. The molecule has 0 saturated heterocycles. The summed E-state index contributed by atoms with van der Waals surface area (Å²) in [6.07, 6.45) is 0. The molecule has 0 atom stereocenters. The fourth-order valence-corrected chi connectivity index (χ4v) is 2.43. The second-order valence-corrected chi connectivity index (χ2v) is 6.18. The molecule has 1 amide bonds. The van der Waals surface area contributed by atoms with E-state index in [-0.39, 0.29) is 11.3 Å². The van der Waals surface area contributed by atoms with E-state index in [0.717, 1.165) is 10.9 Å². The molecule has 0 spiro atoms. The zero-order valence-electron chi connectivity index (χ0n) is 13.3. The van der Waals surface area contributed by atoms with Gasteiger partial charge in [-0.1, -0.05) is 32.0 Å². The predicted molar refractivity (Wildman–Crippen MR) is 85.1 cm³/mol. The molecule has 2 N–H and O–H groups in total. The molecule has 0 aliphatic carbocycles. The van der Waals surface area contributed by atoms with Crippen molar-refractivity contribution < 1.29 is 4.79 Å². The first-order valence-corrected chi connectivity index (χ1v) is 7.30. The Morgan fingerprint density at radius 3 is 2.67 bits per heavy atom. The Kier molecular flexibility index (Phi) is 4.32. The molecule has 5 heteroatoms. The standard InChI is InChI=1S/C16H24N4O/c1-5-20(11-16(2,3)10-17)15(21)14-12-8-6-7-9-13(12)19(4)18-14/h6-9H,5,10-11,17H2,1-4H3. The molecular weight excluding hydrogens is 264 g/mol. The highest BCUT2D eigenvalue weighted by atomic mass is 16.2. The molecule has 5 nitrogen and oxygen atoms in total. The highest BCUT2D eigenvalue weighted by Crippen LogP contribution is 2.21. The van der Waals surface area contributed by atoms with Crippen LogP contribution in [0, 0.1) is 5.41 Å². The Labute approximate surface area is 125 Å². The molecular formula is C16H24N4O. The summed E-state index contributed by atoms with van der Waals surface area (Å²) in [5.74, 6) is -0.0316. The fraction of sp³-hybridized carbons (Fsp3) is 0.500. The molecule has 0 bridgehead atoms. The Bertz CT molecular complexity index is 645. The second kappa shape index (κ2) is 5.85. The second-order valence-electron chi connectivity index (χ2n) is 6.18. The number of nitrogens with two attached hydrogens (primary N) is 1. The zero-order chi connectivity index (χ0) is 15.6. The topological polar surface area (TPSA) is 64.2 Å². The third-order valence-corrected chi connectivity index (χ3v) is 3.80. The van der Waals surface area contributed by atoms with Crippen molar-refractivity contribution in [3.05, 3.63) is 30.0 Å². The van der Waals surface area contributed by atoms with Gasteiger partial charge in [-0.05, 0) is 24.9 Å². The first-order valence-electron chi connectivity index (χ1n) is 7.30. The van der Waals surface area contributed by atoms with Crippen LogP contribution in [0.5, 0.6) is 0 Å². The fourth-order valence-electron chi connectivity index (χ4n) is 2.43. The summed E-state index contributed by atoms with van der Waals surface area (Å²) in [5.41, 5.74) is 7.17. The van der Waals surface area contributed by atoms with E-state index in [1.165, 1.54) is 0 Å². The molecule has 0 aliphatic rings. The molecule has 0 unspecified atom stereocenters. The van der Waals surface area contributed by atoms with Gasteiger partial charge in [-0.3, -0.25) is 9.48 Å². The predicted octanol–water partition coefficient (Wildman–Crippen LogP) is 2.02. The van der Waals surface area contributed by atoms with E-state index in [2.05, 4.69) is 18.9 Å². The van der Waals surface area contributed by atoms with E-state index in [1.54, 1.807) is 4.68 Å². The Hall–Kier alpha value is -1.88. The van der Waals surface area contributed by atoms with Gasteiger partial charge in [0.2, 0.25) is 0 Å². The van der Waals surface area contributed by atoms with Crippen molar-refractivity contribution in [1.29, 1.82) is 0 Å². The van der Waals surface area contributed by atoms with Crippen molar-refractivity contribution in [3.8, 4) is 0 Å². The molecule has 0 saturated carbocycles. The monoisotopic (exact) mass is 288 g/mol. The minimum absolute atomic E-state index is 0.0316. The quantitative estimate of drug-likeness (QED) is 0.915. The van der Waals surface area contributed by atoms with Crippen LogP contribution in [0.3, 0.4) is 0 Å². The van der Waals surface area contributed by atoms with Crippen LogP contribution in [0.25, 0.3) is 10.9 Å². The number of nitrogens with zero attached hydrogens (tertiary/aromatic N) is 3. The number of hydrogen-bond acceptors (Lipinski definition) is 3. The maximum atomic E-state index is 12.8. The summed E-state index contributed by atoms with van der Waals surface area (Å²) in [5, 5.41) is 5.31. The number of para-hydroxylation sites is 1. The Balaban J connectivity index is 2.36. The van der Waals surface area contributed by atoms with Crippen LogP contribution >= 0.6 is 0 Å². The largest absolute Gasteiger partial charge is 0.337 e. The van der Waals surface area contributed by atoms with Gasteiger partial charge in [0.1, 0.15) is 0 Å². The number of aryl methyl sites for hydroxylation is 1. The van der Waals surface area contributed by atoms with Crippen LogP contribution in [0.1, 0.15) is 31.3 Å². The molecule has 2 rings (SSSR count). The third kappa shape index (κ3) is 3.08. The van der Waals surface area contributed by atoms with Crippen LogP contribution < -0.4 is 5.73 Å². The minimum Gasteiger partial charge on any atom is -0.337 e. The van der Waals surface area contributed by atoms with E-state index in [4.69, 9.17) is 5.73 Å². The smallest absolute Gasteiger partial charge is 0.275 e. The summed E-state index contributed by atoms with van der Waals surface area (Å²) in [6.45, 7) is 7.94. The molecule has 1 aromatic heterocycles. The van der Waals surface area contributed by atoms with Gasteiger partial charge in [-0.25, -0.2) is 0 Å². The van der Waals surface area contributed by atoms with Crippen LogP contribution in [0.2, 0.25) is 0 Å². The average Bonchev–Trinajstić information content (AvgIpc) is 2.82. The van der Waals surface area contributed by atoms with Crippen LogP contribution in [-0.4, -0.2) is 40.2 Å². The van der Waals surface area contributed by atoms with E-state index in [0.29, 0.717) is 25.3 Å². The lowest BCUT2D eigenvalue weighted by atomic mass is 9.93. The number of benzene rings is 1. The number of carbonyl (C=O) groups is 1. The van der Waals surface area contributed by atoms with E-state index in [1.807, 2.05) is 43.1 Å². The third-order valence-electron chi connectivity index (χ3n) is 3.80. The molecule has 0 fully saturated rings. The number of carbonyl (C=O) groups excluding carboxylic acids is 1. The van der Waals surface area contributed by atoms with Crippen LogP contribution in [0.4, 0.5) is 0 Å². The van der Waals surface area contributed by atoms with Crippen LogP contribution in [-0.2, 0) is 7.05 Å². The summed E-state index contributed by atoms with van der Waals surface area (Å²) >= 11 is 0. The van der Waals surface area contributed by atoms with Gasteiger partial charge in [-0.2, -0.15) is 5.10 Å². The van der Waals surface area contributed by atoms with Gasteiger partial charge in [0.05, 0.1) is 5.52 Å². The minimum atomic E-state index is -0.101. The molecule has 1 aromatic carbocycles. The van der Waals surface area contributed by atoms with Crippen molar-refractivity contribution in [3.63, 3.8) is 0 Å². The molecule has 1 heterocycles. The summed E-state index contributed by atoms with van der Waals surface area (Å²) in [7, 11) is 1.86. The van der Waals surface area contributed by atoms with Crippen molar-refractivity contribution in [2.75, 3.05) is 19.6 Å². The normalized spacial score (nSPS) is 11.9. The van der Waals surface area contributed by atoms with E-state index in [9.17, 15) is 4.79 Å². The van der Waals surface area contributed by atoms with E-state index < -0.39 is 0 Å². The molecule has 114 valence electrons. The zero-order valence-corrected chi connectivity index (χ0v) is 13.3. The molecule has 0 radical (unpaired) electrons. The number of rotatable bonds is 5. The number of aromatic nitrogens is 2. The van der Waals surface area contributed by atoms with Gasteiger partial charge < -0.3 is 10.6 Å². The Morgan fingerprint density at radius 2 is 2.05 bits per heavy atom. The van der Waals surface area contributed by atoms with Crippen molar-refractivity contribution in [2.24, 2.45) is 18.2 Å². The van der Waals surface area contributed by atoms with Crippen LogP contribution in [0.15, 0.2) is 24.3 Å². The van der Waals surface area contributed by atoms with Gasteiger partial charge in [-0.15, -0.1) is 0 Å². The molecule has 2 aromatic rings. The van der Waals surface area contributed by atoms with Crippen molar-refractivity contribution in [1.82, 2.24) is 14.7 Å². The summed E-state index contributed by atoms with van der Waals surface area (Å²) in [6, 6.07) is 7.80. The Morgan fingerprint density at radius 1 is 1.38 bits per heavy atom. The molecule has 0 aliphatic heterocycles. The highest BCUT2D eigenvalue weighted by Gasteiger charge is 2.26. The van der Waals surface area contributed by atoms with Gasteiger partial charge in [0, 0.05) is 25.5 Å². The average molecular weight is 288 g/mol. The van der Waals surface area contributed by atoms with Gasteiger partial charge >= 0.3 is 0 Å². The maximum Gasteiger partial charge on any atom is 0.275 e. The lowest BCUT2D eigenvalue weighted by Crippen LogP contribution is -2.42. The first-order chi connectivity index (χ1) is 9.89. The molecule has 21 heavy (non-hydrogen) atoms. The van der Waals surface area contributed by atoms with Gasteiger partial charge in [0.25, 0.3) is 5.91 Å². The summed E-state index contributed by atoms with van der Waals surface area (Å²) in [4.78, 5) is 14.6. The highest BCUT2D eigenvalue weighted by molar-refractivity contribution is 6.04. The number of fused-ring (bicyclic) bond motifs is 1. The lowest BCUT2D eigenvalue weighted by molar-refractivity contribution is 0.0696. The first kappa shape index (κ1) is 15.5. The van der Waals surface area contributed by atoms with Gasteiger partial charge in [0.15, 0.2) is 5.69 Å². The number of amides is 1. The lowest BCUT2D eigenvalue weighted by Gasteiger charge is -2.30. The van der Waals surface area contributed by atoms with Crippen molar-refractivity contribution in [2.45, 2.75) is 20.8 Å². The van der Waals surface area contributed by atoms with E-state index >= 15 is 0 Å². The maximum absolute atomic E-state index is 12.8. The van der Waals surface area contributed by atoms with Crippen molar-refractivity contribution >= 4 is 16.8 Å². The summed E-state index contributed by atoms with van der Waals surface area (Å²) < 4.78 is 1.75. The number of hydrogen-bond donors (Lipinski definition) is 1.